The number of hydrogen-bond donors (Lipinski definition) is 1. The van der Waals surface area contributed by atoms with Crippen LogP contribution in [0.3, 0.4) is 0 Å². The van der Waals surface area contributed by atoms with Crippen LogP contribution in [0.1, 0.15) is 26.7 Å². The lowest BCUT2D eigenvalue weighted by Gasteiger charge is -2.20. The van der Waals surface area contributed by atoms with Gasteiger partial charge in [0.25, 0.3) is 0 Å². The Morgan fingerprint density at radius 3 is 2.90 bits per heavy atom. The van der Waals surface area contributed by atoms with Gasteiger partial charge in [0, 0.05) is 23.3 Å². The van der Waals surface area contributed by atoms with Gasteiger partial charge in [-0.05, 0) is 74.5 Å². The van der Waals surface area contributed by atoms with Gasteiger partial charge in [-0.15, -0.1) is 0 Å². The summed E-state index contributed by atoms with van der Waals surface area (Å²) in [5.74, 6) is 0. The third-order valence-corrected chi connectivity index (χ3v) is 4.36. The Balaban J connectivity index is 2.00. The molecule has 0 aliphatic carbocycles. The molecule has 2 aromatic rings. The first-order valence-electron chi connectivity index (χ1n) is 6.93. The second-order valence-electron chi connectivity index (χ2n) is 5.39. The van der Waals surface area contributed by atoms with Gasteiger partial charge in [0.15, 0.2) is 10.4 Å². The third kappa shape index (κ3) is 3.68. The predicted molar refractivity (Wildman–Crippen MR) is 89.6 cm³/mol. The first-order valence-corrected chi connectivity index (χ1v) is 8.13. The summed E-state index contributed by atoms with van der Waals surface area (Å²) in [4.78, 5) is 10.0. The van der Waals surface area contributed by atoms with Crippen molar-refractivity contribution in [3.05, 3.63) is 21.5 Å². The number of hydrogen-bond acceptors (Lipinski definition) is 3. The fourth-order valence-electron chi connectivity index (χ4n) is 2.11. The largest absolute Gasteiger partial charge is 0.329 e. The average Bonchev–Trinajstić information content (AvgIpc) is 2.69. The zero-order chi connectivity index (χ0) is 14.7. The molecular weight excluding hydrogens is 336 g/mol. The monoisotopic (exact) mass is 356 g/mol. The first-order chi connectivity index (χ1) is 9.49. The van der Waals surface area contributed by atoms with Crippen molar-refractivity contribution in [1.29, 1.82) is 0 Å². The Morgan fingerprint density at radius 2 is 2.20 bits per heavy atom. The quantitative estimate of drug-likeness (QED) is 0.628. The third-order valence-electron chi connectivity index (χ3n) is 3.60. The van der Waals surface area contributed by atoms with Gasteiger partial charge >= 0.3 is 0 Å². The molecule has 110 valence electrons. The molecule has 2 heterocycles. The molecule has 1 N–H and O–H groups in total. The summed E-state index contributed by atoms with van der Waals surface area (Å²) in [6.07, 6.45) is 4.09. The molecule has 0 unspecified atom stereocenters. The number of aromatic amines is 1. The van der Waals surface area contributed by atoms with Crippen LogP contribution in [0.15, 0.2) is 16.7 Å². The lowest BCUT2D eigenvalue weighted by molar-refractivity contribution is 0.266. The van der Waals surface area contributed by atoms with Crippen molar-refractivity contribution < 1.29 is 0 Å². The van der Waals surface area contributed by atoms with Crippen LogP contribution in [0.5, 0.6) is 0 Å². The molecule has 0 fully saturated rings. The first kappa shape index (κ1) is 15.7. The highest BCUT2D eigenvalue weighted by molar-refractivity contribution is 9.10. The van der Waals surface area contributed by atoms with Crippen LogP contribution >= 0.6 is 28.1 Å². The Kier molecular flexibility index (Phi) is 5.35. The van der Waals surface area contributed by atoms with Crippen molar-refractivity contribution in [2.24, 2.45) is 0 Å². The second kappa shape index (κ2) is 6.83. The van der Waals surface area contributed by atoms with Gasteiger partial charge < -0.3 is 14.5 Å². The zero-order valence-corrected chi connectivity index (χ0v) is 14.6. The van der Waals surface area contributed by atoms with E-state index in [1.54, 1.807) is 0 Å². The lowest BCUT2D eigenvalue weighted by Crippen LogP contribution is -2.27. The summed E-state index contributed by atoms with van der Waals surface area (Å²) in [6, 6.07) is 2.62. The summed E-state index contributed by atoms with van der Waals surface area (Å²) >= 11 is 8.81. The van der Waals surface area contributed by atoms with E-state index in [0.717, 1.165) is 39.9 Å². The average molecular weight is 357 g/mol. The Morgan fingerprint density at radius 1 is 1.45 bits per heavy atom. The highest BCUT2D eigenvalue weighted by atomic mass is 79.9. The van der Waals surface area contributed by atoms with E-state index in [1.807, 2.05) is 12.3 Å². The van der Waals surface area contributed by atoms with Gasteiger partial charge in [0.05, 0.1) is 5.52 Å². The van der Waals surface area contributed by atoms with Gasteiger partial charge in [-0.2, -0.15) is 0 Å². The maximum atomic E-state index is 5.38. The summed E-state index contributed by atoms with van der Waals surface area (Å²) in [5.41, 5.74) is 1.93. The number of pyridine rings is 1. The van der Waals surface area contributed by atoms with Gasteiger partial charge in [0.1, 0.15) is 0 Å². The number of aryl methyl sites for hydroxylation is 1. The summed E-state index contributed by atoms with van der Waals surface area (Å²) in [5, 5.41) is 0. The Bertz CT molecular complexity index is 632. The maximum absolute atomic E-state index is 5.38. The number of halogens is 1. The smallest absolute Gasteiger partial charge is 0.179 e. The Hall–Kier alpha value is -0.720. The van der Waals surface area contributed by atoms with E-state index in [0.29, 0.717) is 6.04 Å². The highest BCUT2D eigenvalue weighted by Gasteiger charge is 2.07. The minimum atomic E-state index is 0.601. The number of rotatable bonds is 6. The van der Waals surface area contributed by atoms with Crippen LogP contribution in [-0.4, -0.2) is 39.1 Å². The minimum Gasteiger partial charge on any atom is -0.329 e. The molecule has 0 atom stereocenters. The number of H-pyrrole nitrogens is 1. The number of nitrogens with zero attached hydrogens (tertiary/aromatic N) is 3. The molecule has 4 nitrogen and oxygen atoms in total. The molecule has 2 rings (SSSR count). The van der Waals surface area contributed by atoms with Crippen LogP contribution in [-0.2, 0) is 6.54 Å². The van der Waals surface area contributed by atoms with Gasteiger partial charge in [-0.25, -0.2) is 4.98 Å². The summed E-state index contributed by atoms with van der Waals surface area (Å²) < 4.78 is 3.81. The van der Waals surface area contributed by atoms with Crippen LogP contribution in [0.25, 0.3) is 11.2 Å². The van der Waals surface area contributed by atoms with Crippen LogP contribution in [0.4, 0.5) is 0 Å². The molecule has 0 amide bonds. The molecule has 6 heteroatoms. The molecule has 0 saturated carbocycles. The molecule has 0 aromatic carbocycles. The fraction of sp³-hybridized carbons (Fsp3) is 0.571. The second-order valence-corrected chi connectivity index (χ2v) is 6.69. The van der Waals surface area contributed by atoms with E-state index in [4.69, 9.17) is 12.2 Å². The molecule has 0 bridgehead atoms. The van der Waals surface area contributed by atoms with E-state index >= 15 is 0 Å². The van der Waals surface area contributed by atoms with Crippen molar-refractivity contribution >= 4 is 39.3 Å². The number of fused-ring (bicyclic) bond motifs is 1. The summed E-state index contributed by atoms with van der Waals surface area (Å²) in [7, 11) is 2.17. The fourth-order valence-corrected chi connectivity index (χ4v) is 2.73. The van der Waals surface area contributed by atoms with E-state index < -0.39 is 0 Å². The van der Waals surface area contributed by atoms with E-state index in [2.05, 4.69) is 56.3 Å². The van der Waals surface area contributed by atoms with Crippen molar-refractivity contribution in [3.8, 4) is 0 Å². The normalized spacial score (nSPS) is 11.9. The molecular formula is C14H21BrN4S. The molecule has 2 aromatic heterocycles. The molecule has 20 heavy (non-hydrogen) atoms. The van der Waals surface area contributed by atoms with E-state index in [1.165, 1.54) is 6.42 Å². The van der Waals surface area contributed by atoms with E-state index in [-0.39, 0.29) is 0 Å². The van der Waals surface area contributed by atoms with Crippen LogP contribution in [0.2, 0.25) is 0 Å². The van der Waals surface area contributed by atoms with Gasteiger partial charge in [-0.1, -0.05) is 0 Å². The SMILES string of the molecule is CC(C)N(C)CCCCn1c(=S)[nH]c2cc(Br)cnc21. The van der Waals surface area contributed by atoms with Crippen LogP contribution < -0.4 is 0 Å². The lowest BCUT2D eigenvalue weighted by atomic mass is 10.2. The zero-order valence-electron chi connectivity index (χ0n) is 12.2. The minimum absolute atomic E-state index is 0.601. The topological polar surface area (TPSA) is 36.9 Å². The van der Waals surface area contributed by atoms with Gasteiger partial charge in [-0.3, -0.25) is 0 Å². The molecule has 0 spiro atoms. The molecule has 0 saturated heterocycles. The number of aromatic nitrogens is 3. The van der Waals surface area contributed by atoms with Crippen molar-refractivity contribution in [2.75, 3.05) is 13.6 Å². The van der Waals surface area contributed by atoms with Crippen LogP contribution in [0, 0.1) is 4.77 Å². The number of nitrogens with one attached hydrogen (secondary N) is 1. The standard InChI is InChI=1S/C14H21BrN4S/c1-10(2)18(3)6-4-5-7-19-13-12(17-14(19)20)8-11(15)9-16-13/h8-10H,4-7H2,1-3H3,(H,17,20). The maximum Gasteiger partial charge on any atom is 0.179 e. The van der Waals surface area contributed by atoms with Crippen molar-refractivity contribution in [2.45, 2.75) is 39.3 Å². The molecule has 0 radical (unpaired) electrons. The van der Waals surface area contributed by atoms with Crippen molar-refractivity contribution in [1.82, 2.24) is 19.4 Å². The van der Waals surface area contributed by atoms with Gasteiger partial charge in [0.2, 0.25) is 0 Å². The summed E-state index contributed by atoms with van der Waals surface area (Å²) in [6.45, 7) is 6.47. The Labute approximate surface area is 133 Å². The number of imidazole rings is 1. The predicted octanol–water partition coefficient (Wildman–Crippen LogP) is 3.98. The number of unbranched alkanes of at least 4 members (excludes halogenated alkanes) is 1. The highest BCUT2D eigenvalue weighted by Crippen LogP contribution is 2.17. The molecule has 0 aliphatic rings. The molecule has 0 aliphatic heterocycles. The van der Waals surface area contributed by atoms with E-state index in [9.17, 15) is 0 Å². The van der Waals surface area contributed by atoms with Crippen molar-refractivity contribution in [3.63, 3.8) is 0 Å².